The summed E-state index contributed by atoms with van der Waals surface area (Å²) in [7, 11) is 0. The van der Waals surface area contributed by atoms with E-state index in [1.807, 2.05) is 31.2 Å². The van der Waals surface area contributed by atoms with Gasteiger partial charge in [0.25, 0.3) is 0 Å². The minimum Gasteiger partial charge on any atom is -0.383 e. The molecule has 2 aliphatic rings. The molecule has 2 aromatic carbocycles. The van der Waals surface area contributed by atoms with E-state index in [4.69, 9.17) is 5.73 Å². The predicted octanol–water partition coefficient (Wildman–Crippen LogP) is 2.87. The second-order valence-corrected chi connectivity index (χ2v) is 9.11. The number of imidazole rings is 1. The number of benzene rings is 2. The van der Waals surface area contributed by atoms with Gasteiger partial charge in [-0.3, -0.25) is 9.69 Å². The zero-order chi connectivity index (χ0) is 23.2. The normalized spacial score (nSPS) is 16.1. The van der Waals surface area contributed by atoms with Crippen LogP contribution in [0.3, 0.4) is 0 Å². The van der Waals surface area contributed by atoms with Crippen molar-refractivity contribution in [2.24, 2.45) is 0 Å². The summed E-state index contributed by atoms with van der Waals surface area (Å²) < 4.78 is 1.61. The van der Waals surface area contributed by atoms with E-state index in [1.165, 1.54) is 11.1 Å². The highest BCUT2D eigenvalue weighted by Gasteiger charge is 2.24. The van der Waals surface area contributed by atoms with Gasteiger partial charge in [-0.2, -0.15) is 5.10 Å². The van der Waals surface area contributed by atoms with E-state index in [0.29, 0.717) is 17.8 Å². The number of hydrogen-bond donors (Lipinski definition) is 3. The molecule has 1 saturated heterocycles. The Hall–Kier alpha value is -3.75. The van der Waals surface area contributed by atoms with Gasteiger partial charge in [0.1, 0.15) is 11.6 Å². The molecule has 0 atom stereocenters. The minimum absolute atomic E-state index is 0.0675. The molecule has 0 spiro atoms. The highest BCUT2D eigenvalue weighted by Crippen LogP contribution is 2.30. The van der Waals surface area contributed by atoms with Crippen LogP contribution in [0.15, 0.2) is 48.2 Å². The molecule has 1 aliphatic heterocycles. The molecule has 2 aromatic heterocycles. The number of nitrogen functional groups attached to an aromatic ring is 1. The average molecular weight is 454 g/mol. The Balaban J connectivity index is 1.21. The molecule has 3 heterocycles. The number of carbonyl (C=O) groups is 1. The molecule has 0 radical (unpaired) electrons. The summed E-state index contributed by atoms with van der Waals surface area (Å²) in [5.74, 6) is 1.12. The third kappa shape index (κ3) is 3.70. The number of fused-ring (bicyclic) bond motifs is 2. The van der Waals surface area contributed by atoms with Gasteiger partial charge in [0, 0.05) is 44.7 Å². The number of hydrogen-bond acceptors (Lipinski definition) is 6. The summed E-state index contributed by atoms with van der Waals surface area (Å²) >= 11 is 0. The van der Waals surface area contributed by atoms with Gasteiger partial charge in [-0.15, -0.1) is 0 Å². The monoisotopic (exact) mass is 453 g/mol. The van der Waals surface area contributed by atoms with Crippen molar-refractivity contribution in [3.63, 3.8) is 0 Å². The van der Waals surface area contributed by atoms with Gasteiger partial charge in [-0.25, -0.2) is 9.67 Å². The minimum atomic E-state index is -0.0675. The van der Waals surface area contributed by atoms with Crippen LogP contribution in [0.4, 0.5) is 5.82 Å². The SMILES string of the molecule is Cc1nc2ccc(-n3ncc(C(=O)C4=Cc5ccc(CN6CCNCC6)cc5C4)c3N)cc2[nH]1. The molecule has 8 nitrogen and oxygen atoms in total. The van der Waals surface area contributed by atoms with Crippen LogP contribution in [-0.2, 0) is 13.0 Å². The zero-order valence-corrected chi connectivity index (χ0v) is 19.1. The van der Waals surface area contributed by atoms with E-state index in [-0.39, 0.29) is 5.78 Å². The first-order valence-electron chi connectivity index (χ1n) is 11.7. The van der Waals surface area contributed by atoms with Gasteiger partial charge in [-0.05, 0) is 47.9 Å². The quantitative estimate of drug-likeness (QED) is 0.402. The Bertz CT molecular complexity index is 1440. The molecular formula is C26H27N7O. The van der Waals surface area contributed by atoms with Gasteiger partial charge in [0.15, 0.2) is 5.78 Å². The molecular weight excluding hydrogens is 426 g/mol. The van der Waals surface area contributed by atoms with E-state index in [2.05, 4.69) is 43.5 Å². The van der Waals surface area contributed by atoms with Crippen molar-refractivity contribution >= 4 is 28.7 Å². The first-order chi connectivity index (χ1) is 16.5. The number of aryl methyl sites for hydroxylation is 1. The smallest absolute Gasteiger partial charge is 0.194 e. The Morgan fingerprint density at radius 1 is 1.15 bits per heavy atom. The fourth-order valence-corrected chi connectivity index (χ4v) is 4.94. The number of nitrogens with one attached hydrogen (secondary N) is 2. The van der Waals surface area contributed by atoms with Crippen molar-refractivity contribution in [3.05, 3.63) is 76.2 Å². The zero-order valence-electron chi connectivity index (χ0n) is 19.1. The molecule has 8 heteroatoms. The van der Waals surface area contributed by atoms with Gasteiger partial charge >= 0.3 is 0 Å². The lowest BCUT2D eigenvalue weighted by Gasteiger charge is -2.27. The van der Waals surface area contributed by atoms with Crippen LogP contribution in [0.5, 0.6) is 0 Å². The largest absolute Gasteiger partial charge is 0.383 e. The lowest BCUT2D eigenvalue weighted by molar-refractivity contribution is 0.103. The number of aromatic nitrogens is 4. The second-order valence-electron chi connectivity index (χ2n) is 9.11. The van der Waals surface area contributed by atoms with Crippen molar-refractivity contribution in [2.45, 2.75) is 19.9 Å². The molecule has 0 saturated carbocycles. The maximum absolute atomic E-state index is 13.4. The van der Waals surface area contributed by atoms with Crippen molar-refractivity contribution in [2.75, 3.05) is 31.9 Å². The fraction of sp³-hybridized carbons (Fsp3) is 0.269. The molecule has 172 valence electrons. The van der Waals surface area contributed by atoms with Crippen molar-refractivity contribution in [3.8, 4) is 5.69 Å². The number of Topliss-reactive ketones (excluding diaryl/α,β-unsaturated/α-hetero) is 1. The standard InChI is InChI=1S/C26H27N7O/c1-16-30-23-5-4-21(13-24(23)31-16)33-26(27)22(14-29-33)25(34)20-11-18-3-2-17(10-19(18)12-20)15-32-8-6-28-7-9-32/h2-5,10-11,13-14,28H,6-9,12,15,27H2,1H3,(H,30,31). The average Bonchev–Trinajstić information content (AvgIpc) is 3.54. The lowest BCUT2D eigenvalue weighted by atomic mass is 10.0. The summed E-state index contributed by atoms with van der Waals surface area (Å²) in [6.45, 7) is 7.06. The van der Waals surface area contributed by atoms with E-state index >= 15 is 0 Å². The Morgan fingerprint density at radius 2 is 2.00 bits per heavy atom. The van der Waals surface area contributed by atoms with Crippen LogP contribution < -0.4 is 11.1 Å². The Morgan fingerprint density at radius 3 is 2.85 bits per heavy atom. The number of carbonyl (C=O) groups excluding carboxylic acids is 1. The van der Waals surface area contributed by atoms with E-state index in [0.717, 1.165) is 66.4 Å². The number of H-pyrrole nitrogens is 1. The van der Waals surface area contributed by atoms with Gasteiger partial charge < -0.3 is 16.0 Å². The van der Waals surface area contributed by atoms with Gasteiger partial charge in [0.2, 0.25) is 0 Å². The topological polar surface area (TPSA) is 105 Å². The summed E-state index contributed by atoms with van der Waals surface area (Å²) in [5.41, 5.74) is 13.8. The van der Waals surface area contributed by atoms with Gasteiger partial charge in [-0.1, -0.05) is 18.2 Å². The highest BCUT2D eigenvalue weighted by molar-refractivity contribution is 6.15. The summed E-state index contributed by atoms with van der Waals surface area (Å²) in [4.78, 5) is 23.5. The third-order valence-electron chi connectivity index (χ3n) is 6.70. The maximum atomic E-state index is 13.4. The molecule has 4 N–H and O–H groups in total. The van der Waals surface area contributed by atoms with Crippen LogP contribution >= 0.6 is 0 Å². The Labute approximate surface area is 197 Å². The number of anilines is 1. The maximum Gasteiger partial charge on any atom is 0.194 e. The predicted molar refractivity (Wildman–Crippen MR) is 133 cm³/mol. The van der Waals surface area contributed by atoms with E-state index in [1.54, 1.807) is 10.9 Å². The highest BCUT2D eigenvalue weighted by atomic mass is 16.1. The number of aromatic amines is 1. The van der Waals surface area contributed by atoms with Crippen LogP contribution in [-0.4, -0.2) is 56.6 Å². The van der Waals surface area contributed by atoms with Crippen LogP contribution in [0, 0.1) is 6.92 Å². The molecule has 0 bridgehead atoms. The Kier molecular flexibility index (Phi) is 5.04. The molecule has 4 aromatic rings. The van der Waals surface area contributed by atoms with E-state index in [9.17, 15) is 4.79 Å². The van der Waals surface area contributed by atoms with Crippen LogP contribution in [0.2, 0.25) is 0 Å². The third-order valence-corrected chi connectivity index (χ3v) is 6.70. The number of nitrogens with zero attached hydrogens (tertiary/aromatic N) is 4. The van der Waals surface area contributed by atoms with Gasteiger partial charge in [0.05, 0.1) is 28.5 Å². The number of piperazine rings is 1. The molecule has 34 heavy (non-hydrogen) atoms. The van der Waals surface area contributed by atoms with Crippen molar-refractivity contribution in [1.29, 1.82) is 0 Å². The summed E-state index contributed by atoms with van der Waals surface area (Å²) in [5, 5.41) is 7.81. The first-order valence-corrected chi connectivity index (χ1v) is 11.7. The van der Waals surface area contributed by atoms with Crippen LogP contribution in [0.1, 0.15) is 32.9 Å². The summed E-state index contributed by atoms with van der Waals surface area (Å²) in [6, 6.07) is 12.3. The van der Waals surface area contributed by atoms with E-state index < -0.39 is 0 Å². The summed E-state index contributed by atoms with van der Waals surface area (Å²) in [6.07, 6.45) is 4.18. The van der Waals surface area contributed by atoms with Crippen molar-refractivity contribution in [1.82, 2.24) is 30.0 Å². The molecule has 1 aliphatic carbocycles. The number of ketones is 1. The van der Waals surface area contributed by atoms with Crippen molar-refractivity contribution < 1.29 is 4.79 Å². The molecule has 1 fully saturated rings. The first kappa shape index (κ1) is 20.8. The molecule has 6 rings (SSSR count). The lowest BCUT2D eigenvalue weighted by Crippen LogP contribution is -2.42. The number of nitrogens with two attached hydrogens (primary N) is 1. The second kappa shape index (κ2) is 8.23. The number of rotatable bonds is 5. The number of allylic oxidation sites excluding steroid dienone is 1. The molecule has 0 unspecified atom stereocenters. The fourth-order valence-electron chi connectivity index (χ4n) is 4.94. The molecule has 0 amide bonds. The van der Waals surface area contributed by atoms with Crippen LogP contribution in [0.25, 0.3) is 22.8 Å².